The standard InChI is InChI=1S/C19H28N2O3S.ClH/c1-15-5-4-6-19(13-15)25(22,23)20(2)16-7-8-17(14-16)21-11-9-18(24-3)10-12-21;/h4-8,13,16-18H,9-12,14H2,1-3H3;1H/t16-,17+;/m0./s1. The van der Waals surface area contributed by atoms with Gasteiger partial charge in [-0.2, -0.15) is 4.31 Å². The molecule has 2 atom stereocenters. The number of sulfonamides is 1. The second kappa shape index (κ2) is 8.85. The van der Waals surface area contributed by atoms with Crippen molar-refractivity contribution >= 4 is 22.4 Å². The molecular weight excluding hydrogens is 372 g/mol. The summed E-state index contributed by atoms with van der Waals surface area (Å²) in [6.07, 6.45) is 7.48. The molecule has 0 amide bonds. The number of ether oxygens (including phenoxy) is 1. The number of piperidine rings is 1. The highest BCUT2D eigenvalue weighted by Crippen LogP contribution is 2.27. The van der Waals surface area contributed by atoms with E-state index in [1.165, 1.54) is 4.31 Å². The molecule has 2 aliphatic rings. The Hall–Kier alpha value is -0.920. The summed E-state index contributed by atoms with van der Waals surface area (Å²) in [6.45, 7) is 3.93. The van der Waals surface area contributed by atoms with E-state index in [1.54, 1.807) is 32.4 Å². The van der Waals surface area contributed by atoms with Crippen molar-refractivity contribution in [2.45, 2.75) is 49.3 Å². The van der Waals surface area contributed by atoms with E-state index in [0.717, 1.165) is 37.9 Å². The van der Waals surface area contributed by atoms with Gasteiger partial charge in [0.25, 0.3) is 0 Å². The molecule has 146 valence electrons. The van der Waals surface area contributed by atoms with Gasteiger partial charge in [0.2, 0.25) is 10.0 Å². The minimum Gasteiger partial charge on any atom is -0.381 e. The maximum absolute atomic E-state index is 12.9. The van der Waals surface area contributed by atoms with Crippen LogP contribution in [0, 0.1) is 6.92 Å². The quantitative estimate of drug-likeness (QED) is 0.713. The number of rotatable bonds is 5. The Balaban J connectivity index is 0.00000243. The lowest BCUT2D eigenvalue weighted by atomic mass is 10.0. The summed E-state index contributed by atoms with van der Waals surface area (Å²) >= 11 is 0. The Bertz CT molecular complexity index is 730. The average molecular weight is 401 g/mol. The smallest absolute Gasteiger partial charge is 0.243 e. The fraction of sp³-hybridized carbons (Fsp3) is 0.579. The highest BCUT2D eigenvalue weighted by atomic mass is 35.5. The number of benzene rings is 1. The molecule has 1 aliphatic heterocycles. The Morgan fingerprint density at radius 3 is 2.50 bits per heavy atom. The molecule has 1 aromatic rings. The molecular formula is C19H29ClN2O3S. The first kappa shape index (κ1) is 21.4. The molecule has 1 aliphatic carbocycles. The first-order valence-corrected chi connectivity index (χ1v) is 10.4. The van der Waals surface area contributed by atoms with Crippen molar-refractivity contribution in [3.05, 3.63) is 42.0 Å². The van der Waals surface area contributed by atoms with Crippen LogP contribution in [0.25, 0.3) is 0 Å². The Morgan fingerprint density at radius 1 is 1.19 bits per heavy atom. The average Bonchev–Trinajstić information content (AvgIpc) is 3.11. The first-order chi connectivity index (χ1) is 11.9. The molecule has 1 fully saturated rings. The van der Waals surface area contributed by atoms with Crippen LogP contribution in [-0.2, 0) is 14.8 Å². The van der Waals surface area contributed by atoms with Gasteiger partial charge in [-0.1, -0.05) is 24.3 Å². The summed E-state index contributed by atoms with van der Waals surface area (Å²) in [7, 11) is -0.00676. The summed E-state index contributed by atoms with van der Waals surface area (Å²) in [4.78, 5) is 2.81. The molecule has 0 saturated carbocycles. The van der Waals surface area contributed by atoms with E-state index in [4.69, 9.17) is 4.74 Å². The van der Waals surface area contributed by atoms with Crippen LogP contribution in [0.4, 0.5) is 0 Å². The Labute approximate surface area is 163 Å². The molecule has 26 heavy (non-hydrogen) atoms. The van der Waals surface area contributed by atoms with E-state index in [2.05, 4.69) is 11.0 Å². The fourth-order valence-electron chi connectivity index (χ4n) is 3.76. The maximum Gasteiger partial charge on any atom is 0.243 e. The monoisotopic (exact) mass is 400 g/mol. The highest BCUT2D eigenvalue weighted by Gasteiger charge is 2.34. The Morgan fingerprint density at radius 2 is 1.88 bits per heavy atom. The highest BCUT2D eigenvalue weighted by molar-refractivity contribution is 7.89. The van der Waals surface area contributed by atoms with Crippen LogP contribution in [-0.4, -0.2) is 63.1 Å². The van der Waals surface area contributed by atoms with Gasteiger partial charge in [0.1, 0.15) is 0 Å². The van der Waals surface area contributed by atoms with Crippen molar-refractivity contribution in [2.75, 3.05) is 27.2 Å². The molecule has 1 heterocycles. The summed E-state index contributed by atoms with van der Waals surface area (Å²) in [5.41, 5.74) is 0.954. The van der Waals surface area contributed by atoms with Gasteiger partial charge in [0, 0.05) is 39.3 Å². The molecule has 0 unspecified atom stereocenters. The van der Waals surface area contributed by atoms with E-state index in [1.807, 2.05) is 19.1 Å². The maximum atomic E-state index is 12.9. The SMILES string of the molecule is COC1CCN([C@@H]2C=C[C@H](N(C)S(=O)(=O)c3cccc(C)c3)C2)CC1.Cl. The number of aryl methyl sites for hydroxylation is 1. The second-order valence-electron chi connectivity index (χ2n) is 7.06. The minimum atomic E-state index is -3.47. The van der Waals surface area contributed by atoms with Gasteiger partial charge < -0.3 is 4.74 Å². The molecule has 3 rings (SSSR count). The number of methoxy groups -OCH3 is 1. The van der Waals surface area contributed by atoms with E-state index in [9.17, 15) is 8.42 Å². The number of nitrogens with zero attached hydrogens (tertiary/aromatic N) is 2. The van der Waals surface area contributed by atoms with Crippen LogP contribution < -0.4 is 0 Å². The van der Waals surface area contributed by atoms with E-state index in [0.29, 0.717) is 17.0 Å². The van der Waals surface area contributed by atoms with Crippen molar-refractivity contribution in [1.82, 2.24) is 9.21 Å². The molecule has 0 radical (unpaired) electrons. The predicted molar refractivity (Wildman–Crippen MR) is 106 cm³/mol. The molecule has 0 N–H and O–H groups in total. The lowest BCUT2D eigenvalue weighted by Crippen LogP contribution is -2.43. The fourth-order valence-corrected chi connectivity index (χ4v) is 5.20. The van der Waals surface area contributed by atoms with Gasteiger partial charge in [-0.15, -0.1) is 12.4 Å². The van der Waals surface area contributed by atoms with E-state index < -0.39 is 10.0 Å². The normalized spacial score (nSPS) is 24.8. The number of likely N-dealkylation sites (tertiary alicyclic amines) is 1. The number of hydrogen-bond donors (Lipinski definition) is 0. The molecule has 0 bridgehead atoms. The molecule has 1 saturated heterocycles. The third-order valence-electron chi connectivity index (χ3n) is 5.45. The van der Waals surface area contributed by atoms with Crippen molar-refractivity contribution < 1.29 is 13.2 Å². The van der Waals surface area contributed by atoms with Crippen LogP contribution in [0.2, 0.25) is 0 Å². The van der Waals surface area contributed by atoms with Gasteiger partial charge in [-0.3, -0.25) is 4.90 Å². The number of likely N-dealkylation sites (N-methyl/N-ethyl adjacent to an activating group) is 1. The van der Waals surface area contributed by atoms with Crippen LogP contribution >= 0.6 is 12.4 Å². The lowest BCUT2D eigenvalue weighted by molar-refractivity contribution is 0.0324. The minimum absolute atomic E-state index is 0. The van der Waals surface area contributed by atoms with Crippen molar-refractivity contribution in [1.29, 1.82) is 0 Å². The largest absolute Gasteiger partial charge is 0.381 e. The number of hydrogen-bond acceptors (Lipinski definition) is 4. The van der Waals surface area contributed by atoms with Gasteiger partial charge in [-0.25, -0.2) is 8.42 Å². The van der Waals surface area contributed by atoms with Crippen molar-refractivity contribution in [3.8, 4) is 0 Å². The molecule has 5 nitrogen and oxygen atoms in total. The van der Waals surface area contributed by atoms with E-state index >= 15 is 0 Å². The van der Waals surface area contributed by atoms with Crippen LogP contribution in [0.3, 0.4) is 0 Å². The zero-order valence-corrected chi connectivity index (χ0v) is 17.3. The zero-order valence-electron chi connectivity index (χ0n) is 15.7. The van der Waals surface area contributed by atoms with Gasteiger partial charge >= 0.3 is 0 Å². The summed E-state index contributed by atoms with van der Waals surface area (Å²) < 4.78 is 32.7. The van der Waals surface area contributed by atoms with Gasteiger partial charge in [-0.05, 0) is 43.9 Å². The topological polar surface area (TPSA) is 49.9 Å². The zero-order chi connectivity index (χ0) is 18.0. The molecule has 7 heteroatoms. The van der Waals surface area contributed by atoms with Crippen molar-refractivity contribution in [3.63, 3.8) is 0 Å². The summed E-state index contributed by atoms with van der Waals surface area (Å²) in [5.74, 6) is 0. The third-order valence-corrected chi connectivity index (χ3v) is 7.33. The lowest BCUT2D eigenvalue weighted by Gasteiger charge is -2.35. The summed E-state index contributed by atoms with van der Waals surface area (Å²) in [5, 5.41) is 0. The van der Waals surface area contributed by atoms with Crippen LogP contribution in [0.5, 0.6) is 0 Å². The predicted octanol–water partition coefficient (Wildman–Crippen LogP) is 2.85. The van der Waals surface area contributed by atoms with Crippen LogP contribution in [0.15, 0.2) is 41.3 Å². The molecule has 1 aromatic carbocycles. The van der Waals surface area contributed by atoms with Gasteiger partial charge in [0.15, 0.2) is 0 Å². The van der Waals surface area contributed by atoms with E-state index in [-0.39, 0.29) is 18.4 Å². The van der Waals surface area contributed by atoms with Crippen molar-refractivity contribution in [2.24, 2.45) is 0 Å². The van der Waals surface area contributed by atoms with Gasteiger partial charge in [0.05, 0.1) is 11.0 Å². The Kier molecular flexibility index (Phi) is 7.27. The second-order valence-corrected chi connectivity index (χ2v) is 9.06. The third kappa shape index (κ3) is 4.49. The number of halogens is 1. The van der Waals surface area contributed by atoms with Crippen LogP contribution in [0.1, 0.15) is 24.8 Å². The molecule has 0 aromatic heterocycles. The first-order valence-electron chi connectivity index (χ1n) is 8.91. The molecule has 0 spiro atoms. The summed E-state index contributed by atoms with van der Waals surface area (Å²) in [6, 6.07) is 7.34.